The van der Waals surface area contributed by atoms with E-state index in [1.807, 2.05) is 12.1 Å². The fourth-order valence-corrected chi connectivity index (χ4v) is 3.68. The van der Waals surface area contributed by atoms with Crippen molar-refractivity contribution in [3.8, 4) is 6.07 Å². The molecule has 2 aliphatic rings. The highest BCUT2D eigenvalue weighted by Crippen LogP contribution is 2.48. The Hall–Kier alpha value is -1.69. The predicted octanol–water partition coefficient (Wildman–Crippen LogP) is 2.99. The molecule has 2 bridgehead atoms. The summed E-state index contributed by atoms with van der Waals surface area (Å²) in [5, 5.41) is 12.5. The van der Waals surface area contributed by atoms with Crippen molar-refractivity contribution >= 4 is 11.4 Å². The van der Waals surface area contributed by atoms with Crippen molar-refractivity contribution in [2.75, 3.05) is 17.6 Å². The molecule has 0 aliphatic heterocycles. The number of nitriles is 1. The molecule has 0 amide bonds. The molecule has 0 saturated heterocycles. The van der Waals surface area contributed by atoms with Crippen LogP contribution in [0.5, 0.6) is 0 Å². The third kappa shape index (κ3) is 2.03. The maximum atomic E-state index is 9.09. The van der Waals surface area contributed by atoms with Crippen molar-refractivity contribution in [3.63, 3.8) is 0 Å². The smallest absolute Gasteiger partial charge is 0.101 e. The number of rotatable bonds is 3. The van der Waals surface area contributed by atoms with Crippen LogP contribution in [-0.2, 0) is 0 Å². The van der Waals surface area contributed by atoms with Crippen LogP contribution in [0.15, 0.2) is 18.2 Å². The average Bonchev–Trinajstić information content (AvgIpc) is 2.99. The molecule has 3 unspecified atom stereocenters. The van der Waals surface area contributed by atoms with Gasteiger partial charge in [0.05, 0.1) is 11.3 Å². The lowest BCUT2D eigenvalue weighted by Gasteiger charge is -2.22. The molecule has 3 rings (SSSR count). The fourth-order valence-electron chi connectivity index (χ4n) is 3.68. The Morgan fingerprint density at radius 3 is 2.89 bits per heavy atom. The first kappa shape index (κ1) is 11.4. The van der Waals surface area contributed by atoms with Crippen LogP contribution in [0.3, 0.4) is 0 Å². The van der Waals surface area contributed by atoms with Gasteiger partial charge < -0.3 is 11.1 Å². The normalized spacial score (nSPS) is 29.2. The SMILES string of the molecule is N#Cc1cc(N)ccc1NCC1CC2CCC1C2. The van der Waals surface area contributed by atoms with Crippen LogP contribution < -0.4 is 11.1 Å². The average molecular weight is 241 g/mol. The van der Waals surface area contributed by atoms with E-state index in [1.165, 1.54) is 25.7 Å². The van der Waals surface area contributed by atoms with E-state index in [9.17, 15) is 0 Å². The molecule has 2 fully saturated rings. The number of benzene rings is 1. The second-order valence-corrected chi connectivity index (χ2v) is 5.73. The number of hydrogen-bond acceptors (Lipinski definition) is 3. The first-order valence-electron chi connectivity index (χ1n) is 6.79. The number of anilines is 2. The summed E-state index contributed by atoms with van der Waals surface area (Å²) in [5.41, 5.74) is 7.92. The molecule has 1 aromatic carbocycles. The van der Waals surface area contributed by atoms with Crippen LogP contribution in [0.2, 0.25) is 0 Å². The van der Waals surface area contributed by atoms with Crippen molar-refractivity contribution in [2.24, 2.45) is 17.8 Å². The minimum absolute atomic E-state index is 0.650. The molecule has 3 N–H and O–H groups in total. The van der Waals surface area contributed by atoms with Gasteiger partial charge in [0, 0.05) is 12.2 Å². The maximum absolute atomic E-state index is 9.09. The molecular formula is C15H19N3. The number of nitrogens with zero attached hydrogens (tertiary/aromatic N) is 1. The van der Waals surface area contributed by atoms with Gasteiger partial charge in [-0.15, -0.1) is 0 Å². The summed E-state index contributed by atoms with van der Waals surface area (Å²) >= 11 is 0. The van der Waals surface area contributed by atoms with Crippen LogP contribution in [0.25, 0.3) is 0 Å². The van der Waals surface area contributed by atoms with Crippen molar-refractivity contribution in [1.29, 1.82) is 5.26 Å². The second kappa shape index (κ2) is 4.53. The number of fused-ring (bicyclic) bond motifs is 2. The van der Waals surface area contributed by atoms with Gasteiger partial charge in [0.15, 0.2) is 0 Å². The van der Waals surface area contributed by atoms with Crippen molar-refractivity contribution in [2.45, 2.75) is 25.7 Å². The summed E-state index contributed by atoms with van der Waals surface area (Å²) in [6.45, 7) is 1.000. The molecule has 3 atom stereocenters. The topological polar surface area (TPSA) is 61.8 Å². The van der Waals surface area contributed by atoms with Gasteiger partial charge in [-0.05, 0) is 55.2 Å². The first-order valence-corrected chi connectivity index (χ1v) is 6.79. The molecule has 0 aromatic heterocycles. The minimum atomic E-state index is 0.650. The Balaban J connectivity index is 1.65. The summed E-state index contributed by atoms with van der Waals surface area (Å²) in [4.78, 5) is 0. The molecular weight excluding hydrogens is 222 g/mol. The lowest BCUT2D eigenvalue weighted by molar-refractivity contribution is 0.348. The molecule has 3 heteroatoms. The third-order valence-electron chi connectivity index (χ3n) is 4.60. The first-order chi connectivity index (χ1) is 8.76. The number of nitrogens with two attached hydrogens (primary N) is 1. The lowest BCUT2D eigenvalue weighted by atomic mass is 9.89. The van der Waals surface area contributed by atoms with E-state index >= 15 is 0 Å². The summed E-state index contributed by atoms with van der Waals surface area (Å²) < 4.78 is 0. The highest BCUT2D eigenvalue weighted by molar-refractivity contribution is 5.62. The third-order valence-corrected chi connectivity index (χ3v) is 4.60. The van der Waals surface area contributed by atoms with Gasteiger partial charge in [0.2, 0.25) is 0 Å². The summed E-state index contributed by atoms with van der Waals surface area (Å²) in [7, 11) is 0. The zero-order chi connectivity index (χ0) is 12.5. The number of nitrogens with one attached hydrogen (secondary N) is 1. The maximum Gasteiger partial charge on any atom is 0.101 e. The van der Waals surface area contributed by atoms with E-state index < -0.39 is 0 Å². The Kier molecular flexibility index (Phi) is 2.87. The highest BCUT2D eigenvalue weighted by Gasteiger charge is 2.39. The molecule has 0 spiro atoms. The quantitative estimate of drug-likeness (QED) is 0.800. The second-order valence-electron chi connectivity index (χ2n) is 5.73. The van der Waals surface area contributed by atoms with Gasteiger partial charge in [-0.2, -0.15) is 5.26 Å². The van der Waals surface area contributed by atoms with E-state index in [4.69, 9.17) is 11.0 Å². The predicted molar refractivity (Wildman–Crippen MR) is 73.0 cm³/mol. The Labute approximate surface area is 108 Å². The van der Waals surface area contributed by atoms with E-state index in [2.05, 4.69) is 11.4 Å². The van der Waals surface area contributed by atoms with Crippen LogP contribution in [0.1, 0.15) is 31.2 Å². The Morgan fingerprint density at radius 2 is 2.22 bits per heavy atom. The molecule has 2 saturated carbocycles. The van der Waals surface area contributed by atoms with Gasteiger partial charge in [-0.3, -0.25) is 0 Å². The van der Waals surface area contributed by atoms with Crippen molar-refractivity contribution in [1.82, 2.24) is 0 Å². The Bertz CT molecular complexity index is 489. The van der Waals surface area contributed by atoms with Gasteiger partial charge in [-0.25, -0.2) is 0 Å². The number of nitrogen functional groups attached to an aromatic ring is 1. The largest absolute Gasteiger partial charge is 0.399 e. The van der Waals surface area contributed by atoms with E-state index in [0.29, 0.717) is 11.3 Å². The minimum Gasteiger partial charge on any atom is -0.399 e. The summed E-state index contributed by atoms with van der Waals surface area (Å²) in [6.07, 6.45) is 5.64. The molecule has 3 nitrogen and oxygen atoms in total. The van der Waals surface area contributed by atoms with Crippen LogP contribution in [0, 0.1) is 29.1 Å². The van der Waals surface area contributed by atoms with Crippen molar-refractivity contribution < 1.29 is 0 Å². The lowest BCUT2D eigenvalue weighted by Crippen LogP contribution is -2.20. The van der Waals surface area contributed by atoms with Crippen molar-refractivity contribution in [3.05, 3.63) is 23.8 Å². The Morgan fingerprint density at radius 1 is 1.33 bits per heavy atom. The van der Waals surface area contributed by atoms with Crippen LogP contribution in [-0.4, -0.2) is 6.54 Å². The summed E-state index contributed by atoms with van der Waals surface area (Å²) in [5.74, 6) is 2.69. The monoisotopic (exact) mass is 241 g/mol. The van der Waals surface area contributed by atoms with Crippen LogP contribution in [0.4, 0.5) is 11.4 Å². The fraction of sp³-hybridized carbons (Fsp3) is 0.533. The van der Waals surface area contributed by atoms with Gasteiger partial charge in [0.25, 0.3) is 0 Å². The van der Waals surface area contributed by atoms with E-state index in [1.54, 1.807) is 6.07 Å². The standard InChI is InChI=1S/C15H19N3/c16-8-12-7-14(17)3-4-15(12)18-9-13-6-10-1-2-11(13)5-10/h3-4,7,10-11,13,18H,1-2,5-6,9,17H2. The molecule has 0 radical (unpaired) electrons. The molecule has 1 aromatic rings. The van der Waals surface area contributed by atoms with Gasteiger partial charge in [0.1, 0.15) is 6.07 Å². The summed E-state index contributed by atoms with van der Waals surface area (Å²) in [6, 6.07) is 7.71. The zero-order valence-corrected chi connectivity index (χ0v) is 10.5. The molecule has 2 aliphatic carbocycles. The molecule has 0 heterocycles. The van der Waals surface area contributed by atoms with Crippen LogP contribution >= 0.6 is 0 Å². The highest BCUT2D eigenvalue weighted by atomic mass is 14.9. The zero-order valence-electron chi connectivity index (χ0n) is 10.5. The number of hydrogen-bond donors (Lipinski definition) is 2. The van der Waals surface area contributed by atoms with E-state index in [-0.39, 0.29) is 0 Å². The molecule has 94 valence electrons. The van der Waals surface area contributed by atoms with Gasteiger partial charge in [-0.1, -0.05) is 6.42 Å². The van der Waals surface area contributed by atoms with E-state index in [0.717, 1.165) is 30.0 Å². The van der Waals surface area contributed by atoms with Gasteiger partial charge >= 0.3 is 0 Å². The molecule has 18 heavy (non-hydrogen) atoms.